The van der Waals surface area contributed by atoms with Gasteiger partial charge in [0, 0.05) is 13.5 Å². The van der Waals surface area contributed by atoms with Gasteiger partial charge in [-0.25, -0.2) is 9.78 Å². The van der Waals surface area contributed by atoms with Crippen LogP contribution < -0.4 is 9.47 Å². The van der Waals surface area contributed by atoms with Gasteiger partial charge in [0.05, 0.1) is 0 Å². The summed E-state index contributed by atoms with van der Waals surface area (Å²) in [5.41, 5.74) is 2.43. The molecular formula is C23H24N2O6. The van der Waals surface area contributed by atoms with Crippen molar-refractivity contribution in [2.45, 2.75) is 33.9 Å². The van der Waals surface area contributed by atoms with Gasteiger partial charge < -0.3 is 19.0 Å². The molecule has 8 nitrogen and oxygen atoms in total. The Morgan fingerprint density at radius 1 is 1.06 bits per heavy atom. The number of oxazole rings is 1. The third-order valence-corrected chi connectivity index (χ3v) is 4.46. The lowest BCUT2D eigenvalue weighted by Gasteiger charge is -2.20. The Balaban J connectivity index is 1.68. The minimum atomic E-state index is -1.13. The average molecular weight is 424 g/mol. The summed E-state index contributed by atoms with van der Waals surface area (Å²) in [6, 6.07) is 14.0. The standard InChI is InChI=1S/C23H24N2O6/c1-15-7-9-19(10-8-15)31-23(28)25(13-22(26)27)12-18-5-4-6-20(11-18)29-14-21-16(2)30-17(3)24-21/h4-11H,12-14H2,1-3H3,(H,26,27). The molecule has 162 valence electrons. The number of ether oxygens (including phenoxy) is 2. The summed E-state index contributed by atoms with van der Waals surface area (Å²) in [6.45, 7) is 5.30. The van der Waals surface area contributed by atoms with E-state index in [1.807, 2.05) is 26.0 Å². The Hall–Kier alpha value is -3.81. The van der Waals surface area contributed by atoms with Crippen LogP contribution >= 0.6 is 0 Å². The van der Waals surface area contributed by atoms with Crippen LogP contribution in [0.3, 0.4) is 0 Å². The maximum atomic E-state index is 12.6. The first-order valence-corrected chi connectivity index (χ1v) is 9.70. The molecule has 0 aliphatic heterocycles. The molecule has 1 amide bonds. The van der Waals surface area contributed by atoms with Crippen molar-refractivity contribution in [1.82, 2.24) is 9.88 Å². The first-order chi connectivity index (χ1) is 14.8. The van der Waals surface area contributed by atoms with Gasteiger partial charge in [-0.15, -0.1) is 0 Å². The first-order valence-electron chi connectivity index (χ1n) is 9.70. The van der Waals surface area contributed by atoms with E-state index in [1.54, 1.807) is 43.3 Å². The van der Waals surface area contributed by atoms with Crippen molar-refractivity contribution in [3.63, 3.8) is 0 Å². The molecule has 1 heterocycles. The van der Waals surface area contributed by atoms with Crippen LogP contribution in [-0.2, 0) is 17.9 Å². The third kappa shape index (κ3) is 6.33. The van der Waals surface area contributed by atoms with E-state index < -0.39 is 18.6 Å². The topological polar surface area (TPSA) is 102 Å². The van der Waals surface area contributed by atoms with Crippen molar-refractivity contribution in [3.8, 4) is 11.5 Å². The van der Waals surface area contributed by atoms with Gasteiger partial charge in [0.1, 0.15) is 36.1 Å². The fourth-order valence-corrected chi connectivity index (χ4v) is 2.93. The Labute approximate surface area is 180 Å². The highest BCUT2D eigenvalue weighted by molar-refractivity contribution is 5.78. The van der Waals surface area contributed by atoms with Gasteiger partial charge in [-0.1, -0.05) is 29.8 Å². The van der Waals surface area contributed by atoms with Crippen LogP contribution in [0, 0.1) is 20.8 Å². The molecule has 0 saturated heterocycles. The van der Waals surface area contributed by atoms with Crippen molar-refractivity contribution in [3.05, 3.63) is 77.0 Å². The number of carboxylic acid groups (broad SMARTS) is 1. The number of carbonyl (C=O) groups is 2. The minimum absolute atomic E-state index is 0.0519. The maximum absolute atomic E-state index is 12.6. The Kier molecular flexibility index (Phi) is 6.92. The van der Waals surface area contributed by atoms with E-state index in [2.05, 4.69) is 4.98 Å². The van der Waals surface area contributed by atoms with Crippen molar-refractivity contribution in [1.29, 1.82) is 0 Å². The first kappa shape index (κ1) is 21.9. The third-order valence-electron chi connectivity index (χ3n) is 4.46. The molecular weight excluding hydrogens is 400 g/mol. The zero-order valence-corrected chi connectivity index (χ0v) is 17.6. The fraction of sp³-hybridized carbons (Fsp3) is 0.261. The lowest BCUT2D eigenvalue weighted by Crippen LogP contribution is -2.37. The molecule has 3 rings (SSSR count). The minimum Gasteiger partial charge on any atom is -0.487 e. The zero-order chi connectivity index (χ0) is 22.4. The highest BCUT2D eigenvalue weighted by Gasteiger charge is 2.20. The number of amides is 1. The number of aromatic nitrogens is 1. The molecule has 0 aliphatic rings. The van der Waals surface area contributed by atoms with Gasteiger partial charge in [0.2, 0.25) is 0 Å². The Morgan fingerprint density at radius 2 is 1.81 bits per heavy atom. The number of aryl methyl sites for hydroxylation is 3. The van der Waals surface area contributed by atoms with E-state index in [0.717, 1.165) is 10.5 Å². The number of carboxylic acids is 1. The number of hydrogen-bond acceptors (Lipinski definition) is 6. The monoisotopic (exact) mass is 424 g/mol. The second kappa shape index (κ2) is 9.80. The Morgan fingerprint density at radius 3 is 2.45 bits per heavy atom. The van der Waals surface area contributed by atoms with Crippen molar-refractivity contribution < 1.29 is 28.6 Å². The molecule has 0 atom stereocenters. The maximum Gasteiger partial charge on any atom is 0.416 e. The SMILES string of the molecule is Cc1ccc(OC(=O)N(CC(=O)O)Cc2cccc(OCc3nc(C)oc3C)c2)cc1. The molecule has 3 aromatic rings. The predicted molar refractivity (Wildman–Crippen MR) is 112 cm³/mol. The lowest BCUT2D eigenvalue weighted by molar-refractivity contribution is -0.138. The molecule has 1 aromatic heterocycles. The van der Waals surface area contributed by atoms with E-state index in [4.69, 9.17) is 13.9 Å². The van der Waals surface area contributed by atoms with Crippen LogP contribution in [0.1, 0.15) is 28.5 Å². The number of carbonyl (C=O) groups excluding carboxylic acids is 1. The molecule has 31 heavy (non-hydrogen) atoms. The second-order valence-corrected chi connectivity index (χ2v) is 7.10. The van der Waals surface area contributed by atoms with Gasteiger partial charge in [0.15, 0.2) is 5.89 Å². The van der Waals surface area contributed by atoms with Crippen LogP contribution in [0.25, 0.3) is 0 Å². The molecule has 1 N–H and O–H groups in total. The summed E-state index contributed by atoms with van der Waals surface area (Å²) >= 11 is 0. The van der Waals surface area contributed by atoms with Crippen LogP contribution in [-0.4, -0.2) is 33.6 Å². The van der Waals surface area contributed by atoms with E-state index in [1.165, 1.54) is 0 Å². The molecule has 0 fully saturated rings. The number of nitrogens with zero attached hydrogens (tertiary/aromatic N) is 2. The van der Waals surface area contributed by atoms with Gasteiger partial charge in [-0.3, -0.25) is 9.69 Å². The summed E-state index contributed by atoms with van der Waals surface area (Å²) < 4.78 is 16.5. The number of benzene rings is 2. The normalized spacial score (nSPS) is 10.5. The number of hydrogen-bond donors (Lipinski definition) is 1. The zero-order valence-electron chi connectivity index (χ0n) is 17.6. The van der Waals surface area contributed by atoms with Gasteiger partial charge in [-0.2, -0.15) is 0 Å². The van der Waals surface area contributed by atoms with Crippen molar-refractivity contribution >= 4 is 12.1 Å². The smallest absolute Gasteiger partial charge is 0.416 e. The quantitative estimate of drug-likeness (QED) is 0.576. The number of aliphatic carboxylic acids is 1. The van der Waals surface area contributed by atoms with E-state index in [0.29, 0.717) is 34.4 Å². The summed E-state index contributed by atoms with van der Waals surface area (Å²) in [5.74, 6) is 1.05. The van der Waals surface area contributed by atoms with Gasteiger partial charge in [-0.05, 0) is 43.7 Å². The summed E-state index contributed by atoms with van der Waals surface area (Å²) in [4.78, 5) is 29.2. The van der Waals surface area contributed by atoms with Crippen molar-refractivity contribution in [2.24, 2.45) is 0 Å². The highest BCUT2D eigenvalue weighted by atomic mass is 16.6. The summed E-state index contributed by atoms with van der Waals surface area (Å²) in [5, 5.41) is 9.22. The molecule has 0 bridgehead atoms. The van der Waals surface area contributed by atoms with Crippen LogP contribution in [0.4, 0.5) is 4.79 Å². The summed E-state index contributed by atoms with van der Waals surface area (Å²) in [6.07, 6.45) is -0.744. The van der Waals surface area contributed by atoms with E-state index in [-0.39, 0.29) is 13.2 Å². The molecule has 0 spiro atoms. The lowest BCUT2D eigenvalue weighted by atomic mass is 10.2. The Bertz CT molecular complexity index is 1060. The molecule has 2 aromatic carbocycles. The predicted octanol–water partition coefficient (Wildman–Crippen LogP) is 4.26. The fourth-order valence-electron chi connectivity index (χ4n) is 2.93. The molecule has 0 radical (unpaired) electrons. The summed E-state index contributed by atoms with van der Waals surface area (Å²) in [7, 11) is 0. The largest absolute Gasteiger partial charge is 0.487 e. The van der Waals surface area contributed by atoms with Crippen LogP contribution in [0.5, 0.6) is 11.5 Å². The van der Waals surface area contributed by atoms with Crippen LogP contribution in [0.15, 0.2) is 52.9 Å². The van der Waals surface area contributed by atoms with Gasteiger partial charge >= 0.3 is 12.1 Å². The van der Waals surface area contributed by atoms with Gasteiger partial charge in [0.25, 0.3) is 0 Å². The van der Waals surface area contributed by atoms with Crippen molar-refractivity contribution in [2.75, 3.05) is 6.54 Å². The average Bonchev–Trinajstić information content (AvgIpc) is 3.04. The molecule has 8 heteroatoms. The highest BCUT2D eigenvalue weighted by Crippen LogP contribution is 2.19. The molecule has 0 saturated carbocycles. The number of rotatable bonds is 8. The van der Waals surface area contributed by atoms with Crippen LogP contribution in [0.2, 0.25) is 0 Å². The van der Waals surface area contributed by atoms with E-state index in [9.17, 15) is 14.7 Å². The molecule has 0 unspecified atom stereocenters. The molecule has 0 aliphatic carbocycles. The second-order valence-electron chi connectivity index (χ2n) is 7.10. The van der Waals surface area contributed by atoms with E-state index >= 15 is 0 Å².